The van der Waals surface area contributed by atoms with Crippen LogP contribution in [0, 0.1) is 5.82 Å². The Morgan fingerprint density at radius 3 is 2.77 bits per heavy atom. The van der Waals surface area contributed by atoms with Crippen molar-refractivity contribution in [3.63, 3.8) is 0 Å². The van der Waals surface area contributed by atoms with Gasteiger partial charge < -0.3 is 15.2 Å². The van der Waals surface area contributed by atoms with E-state index in [1.165, 1.54) is 6.07 Å². The van der Waals surface area contributed by atoms with Crippen molar-refractivity contribution in [2.45, 2.75) is 18.9 Å². The number of aromatic nitrogens is 1. The van der Waals surface area contributed by atoms with Crippen LogP contribution in [0.15, 0.2) is 54.7 Å². The number of nitrogens with zero attached hydrogens (tertiary/aromatic N) is 1. The third-order valence-electron chi connectivity index (χ3n) is 5.09. The van der Waals surface area contributed by atoms with E-state index in [-0.39, 0.29) is 17.8 Å². The van der Waals surface area contributed by atoms with E-state index in [1.54, 1.807) is 12.1 Å². The number of carbonyl (C=O) groups is 1. The maximum Gasteiger partial charge on any atom is 0.240 e. The number of piperazine rings is 1. The van der Waals surface area contributed by atoms with Crippen molar-refractivity contribution in [1.82, 2.24) is 15.2 Å². The molecule has 4 rings (SSSR count). The van der Waals surface area contributed by atoms with Gasteiger partial charge in [0.2, 0.25) is 5.91 Å². The molecule has 5 heteroatoms. The summed E-state index contributed by atoms with van der Waals surface area (Å²) >= 11 is 0. The molecule has 2 aromatic carbocycles. The van der Waals surface area contributed by atoms with Crippen LogP contribution in [0.1, 0.15) is 11.1 Å². The second kappa shape index (κ2) is 7.30. The fraction of sp³-hybridized carbons (Fsp3) is 0.286. The van der Waals surface area contributed by atoms with E-state index in [0.29, 0.717) is 31.5 Å². The van der Waals surface area contributed by atoms with Crippen LogP contribution in [0.5, 0.6) is 0 Å². The predicted molar refractivity (Wildman–Crippen MR) is 100 cm³/mol. The maximum atomic E-state index is 13.8. The van der Waals surface area contributed by atoms with Gasteiger partial charge in [-0.2, -0.15) is 0 Å². The normalized spacial score (nSPS) is 17.8. The second-order valence-electron chi connectivity index (χ2n) is 6.74. The number of para-hydroxylation sites is 1. The van der Waals surface area contributed by atoms with Crippen molar-refractivity contribution in [3.05, 3.63) is 71.7 Å². The van der Waals surface area contributed by atoms with Gasteiger partial charge in [-0.15, -0.1) is 0 Å². The molecule has 1 amide bonds. The summed E-state index contributed by atoms with van der Waals surface area (Å²) in [5.74, 6) is -0.108. The first-order chi connectivity index (χ1) is 12.7. The number of benzene rings is 2. The van der Waals surface area contributed by atoms with Gasteiger partial charge in [0.05, 0.1) is 6.04 Å². The molecule has 1 saturated heterocycles. The van der Waals surface area contributed by atoms with Gasteiger partial charge in [-0.25, -0.2) is 4.39 Å². The quantitative estimate of drug-likeness (QED) is 0.743. The van der Waals surface area contributed by atoms with E-state index in [1.807, 2.05) is 35.4 Å². The zero-order valence-corrected chi connectivity index (χ0v) is 14.5. The number of rotatable bonds is 5. The van der Waals surface area contributed by atoms with Crippen molar-refractivity contribution in [2.75, 3.05) is 19.6 Å². The number of carbonyl (C=O) groups excluding carboxylic acids is 1. The first-order valence-corrected chi connectivity index (χ1v) is 9.03. The number of amides is 1. The molecule has 4 nitrogen and oxygen atoms in total. The van der Waals surface area contributed by atoms with E-state index >= 15 is 0 Å². The molecule has 134 valence electrons. The Kier molecular flexibility index (Phi) is 4.71. The molecule has 2 heterocycles. The Bertz CT molecular complexity index is 920. The van der Waals surface area contributed by atoms with E-state index in [0.717, 1.165) is 23.0 Å². The summed E-state index contributed by atoms with van der Waals surface area (Å²) in [6, 6.07) is 14.7. The van der Waals surface area contributed by atoms with Crippen molar-refractivity contribution >= 4 is 16.8 Å². The van der Waals surface area contributed by atoms with Crippen LogP contribution in [0.2, 0.25) is 0 Å². The van der Waals surface area contributed by atoms with Gasteiger partial charge in [-0.05, 0) is 36.1 Å². The molecule has 1 aromatic heterocycles. The van der Waals surface area contributed by atoms with Crippen LogP contribution in [0.4, 0.5) is 4.39 Å². The summed E-state index contributed by atoms with van der Waals surface area (Å²) in [7, 11) is 0. The van der Waals surface area contributed by atoms with Gasteiger partial charge in [-0.3, -0.25) is 4.79 Å². The van der Waals surface area contributed by atoms with Gasteiger partial charge in [0, 0.05) is 36.7 Å². The zero-order chi connectivity index (χ0) is 17.9. The number of fused-ring (bicyclic) bond motifs is 1. The molecular weight excluding hydrogens is 329 g/mol. The predicted octanol–water partition coefficient (Wildman–Crippen LogP) is 2.89. The lowest BCUT2D eigenvalue weighted by atomic mass is 10.0. The Morgan fingerprint density at radius 2 is 1.88 bits per heavy atom. The number of hydrogen-bond acceptors (Lipinski definition) is 2. The lowest BCUT2D eigenvalue weighted by molar-refractivity contribution is -0.135. The van der Waals surface area contributed by atoms with Gasteiger partial charge in [-0.1, -0.05) is 36.4 Å². The number of hydrogen-bond donors (Lipinski definition) is 2. The van der Waals surface area contributed by atoms with Crippen molar-refractivity contribution < 1.29 is 9.18 Å². The molecule has 0 spiro atoms. The van der Waals surface area contributed by atoms with Crippen LogP contribution in [-0.4, -0.2) is 41.5 Å². The van der Waals surface area contributed by atoms with Crippen LogP contribution in [-0.2, 0) is 17.6 Å². The summed E-state index contributed by atoms with van der Waals surface area (Å²) in [6.45, 7) is 1.97. The fourth-order valence-corrected chi connectivity index (χ4v) is 3.65. The van der Waals surface area contributed by atoms with E-state index in [9.17, 15) is 9.18 Å². The molecule has 0 unspecified atom stereocenters. The second-order valence-corrected chi connectivity index (χ2v) is 6.74. The van der Waals surface area contributed by atoms with Gasteiger partial charge in [0.15, 0.2) is 0 Å². The molecule has 1 aliphatic heterocycles. The Morgan fingerprint density at radius 1 is 1.08 bits per heavy atom. The highest BCUT2D eigenvalue weighted by Gasteiger charge is 2.28. The van der Waals surface area contributed by atoms with Crippen LogP contribution in [0.3, 0.4) is 0 Å². The topological polar surface area (TPSA) is 48.1 Å². The van der Waals surface area contributed by atoms with E-state index in [4.69, 9.17) is 0 Å². The number of nitrogens with one attached hydrogen (secondary N) is 2. The van der Waals surface area contributed by atoms with Gasteiger partial charge in [0.1, 0.15) is 5.82 Å². The molecule has 2 N–H and O–H groups in total. The van der Waals surface area contributed by atoms with Crippen molar-refractivity contribution in [2.24, 2.45) is 0 Å². The zero-order valence-electron chi connectivity index (χ0n) is 14.5. The highest BCUT2D eigenvalue weighted by atomic mass is 19.1. The molecule has 0 saturated carbocycles. The van der Waals surface area contributed by atoms with E-state index in [2.05, 4.69) is 16.4 Å². The van der Waals surface area contributed by atoms with Crippen molar-refractivity contribution in [1.29, 1.82) is 0 Å². The molecule has 3 aromatic rings. The lowest BCUT2D eigenvalue weighted by Gasteiger charge is -2.33. The van der Waals surface area contributed by atoms with Crippen molar-refractivity contribution in [3.8, 4) is 0 Å². The fourth-order valence-electron chi connectivity index (χ4n) is 3.65. The highest BCUT2D eigenvalue weighted by molar-refractivity contribution is 5.86. The average Bonchev–Trinajstić information content (AvgIpc) is 3.07. The summed E-state index contributed by atoms with van der Waals surface area (Å²) in [5.41, 5.74) is 2.89. The first-order valence-electron chi connectivity index (χ1n) is 9.03. The first kappa shape index (κ1) is 16.8. The Labute approximate surface area is 152 Å². The minimum Gasteiger partial charge on any atom is -0.361 e. The average molecular weight is 351 g/mol. The molecule has 0 radical (unpaired) electrons. The van der Waals surface area contributed by atoms with Crippen LogP contribution < -0.4 is 5.32 Å². The molecule has 26 heavy (non-hydrogen) atoms. The minimum absolute atomic E-state index is 0.0953. The minimum atomic E-state index is -0.233. The molecule has 1 aliphatic rings. The van der Waals surface area contributed by atoms with E-state index < -0.39 is 0 Å². The largest absolute Gasteiger partial charge is 0.361 e. The number of aromatic amines is 1. The SMILES string of the molecule is O=C1[C@@H](Cc2c[nH]c3ccccc23)NCCN1CCc1ccccc1F. The third kappa shape index (κ3) is 3.35. The number of halogens is 1. The molecule has 0 bridgehead atoms. The number of H-pyrrole nitrogens is 1. The lowest BCUT2D eigenvalue weighted by Crippen LogP contribution is -2.56. The van der Waals surface area contributed by atoms with Crippen LogP contribution in [0.25, 0.3) is 10.9 Å². The molecule has 1 atom stereocenters. The monoisotopic (exact) mass is 351 g/mol. The third-order valence-corrected chi connectivity index (χ3v) is 5.09. The summed E-state index contributed by atoms with van der Waals surface area (Å²) in [4.78, 5) is 18.0. The van der Waals surface area contributed by atoms with Crippen LogP contribution >= 0.6 is 0 Å². The standard InChI is InChI=1S/C21H22FN3O/c22-18-7-3-1-5-15(18)9-11-25-12-10-23-20(21(25)26)13-16-14-24-19-8-4-2-6-17(16)19/h1-8,14,20,23-24H,9-13H2/t20-/m1/s1. The Balaban J connectivity index is 1.43. The summed E-state index contributed by atoms with van der Waals surface area (Å²) in [6.07, 6.45) is 3.18. The highest BCUT2D eigenvalue weighted by Crippen LogP contribution is 2.20. The molecule has 1 fully saturated rings. The smallest absolute Gasteiger partial charge is 0.240 e. The molecular formula is C21H22FN3O. The molecule has 0 aliphatic carbocycles. The maximum absolute atomic E-state index is 13.8. The summed E-state index contributed by atoms with van der Waals surface area (Å²) in [5, 5.41) is 4.49. The van der Waals surface area contributed by atoms with Gasteiger partial charge >= 0.3 is 0 Å². The Hall–Kier alpha value is -2.66. The van der Waals surface area contributed by atoms with Gasteiger partial charge in [0.25, 0.3) is 0 Å². The summed E-state index contributed by atoms with van der Waals surface area (Å²) < 4.78 is 13.8.